The molecule has 178 valence electrons. The molecule has 0 saturated carbocycles. The molecule has 3 rings (SSSR count). The molecule has 12 nitrogen and oxygen atoms in total. The molecule has 13 heteroatoms. The third-order valence-corrected chi connectivity index (χ3v) is 5.69. The summed E-state index contributed by atoms with van der Waals surface area (Å²) in [5.74, 6) is 0.907. The largest absolute Gasteiger partial charge is 0.493 e. The number of carbonyl (C=O) groups excluding carboxylic acids is 2. The number of nitrogens with one attached hydrogen (secondary N) is 2. The molecule has 0 spiro atoms. The number of methoxy groups -OCH3 is 2. The average molecular weight is 487 g/mol. The number of amides is 2. The van der Waals surface area contributed by atoms with Crippen LogP contribution in [0.4, 0.5) is 11.4 Å². The number of aromatic nitrogens is 3. The fourth-order valence-electron chi connectivity index (χ4n) is 2.86. The van der Waals surface area contributed by atoms with Crippen LogP contribution in [0.1, 0.15) is 16.2 Å². The molecule has 0 aliphatic rings. The highest BCUT2D eigenvalue weighted by molar-refractivity contribution is 7.99. The number of thioether (sulfide) groups is 1. The van der Waals surface area contributed by atoms with Crippen molar-refractivity contribution < 1.29 is 24.0 Å². The van der Waals surface area contributed by atoms with E-state index in [2.05, 4.69) is 20.8 Å². The van der Waals surface area contributed by atoms with Crippen molar-refractivity contribution in [2.75, 3.05) is 25.3 Å². The number of ether oxygens (including phenoxy) is 2. The van der Waals surface area contributed by atoms with E-state index in [1.54, 1.807) is 29.8 Å². The van der Waals surface area contributed by atoms with Gasteiger partial charge in [-0.15, -0.1) is 10.2 Å². The topological polar surface area (TPSA) is 151 Å². The predicted molar refractivity (Wildman–Crippen MR) is 124 cm³/mol. The van der Waals surface area contributed by atoms with E-state index in [0.717, 1.165) is 0 Å². The molecular weight excluding hydrogens is 464 g/mol. The first kappa shape index (κ1) is 24.5. The smallest absolute Gasteiger partial charge is 0.269 e. The second kappa shape index (κ2) is 11.1. The number of hydrogen-bond acceptors (Lipinski definition) is 9. The zero-order valence-electron chi connectivity index (χ0n) is 18.6. The zero-order valence-corrected chi connectivity index (χ0v) is 19.4. The highest BCUT2D eigenvalue weighted by Crippen LogP contribution is 2.27. The Hall–Kier alpha value is -4.13. The third-order valence-electron chi connectivity index (χ3n) is 4.67. The molecule has 3 aromatic rings. The first-order chi connectivity index (χ1) is 16.3. The zero-order chi connectivity index (χ0) is 24.7. The Morgan fingerprint density at radius 1 is 1.09 bits per heavy atom. The number of nitro benzene ring substituents is 1. The summed E-state index contributed by atoms with van der Waals surface area (Å²) in [4.78, 5) is 34.9. The molecule has 0 atom stereocenters. The van der Waals surface area contributed by atoms with Gasteiger partial charge in [0.2, 0.25) is 5.91 Å². The van der Waals surface area contributed by atoms with Gasteiger partial charge in [-0.25, -0.2) is 0 Å². The molecule has 34 heavy (non-hydrogen) atoms. The van der Waals surface area contributed by atoms with Gasteiger partial charge >= 0.3 is 0 Å². The normalized spacial score (nSPS) is 10.4. The lowest BCUT2D eigenvalue weighted by Crippen LogP contribution is -2.24. The van der Waals surface area contributed by atoms with Gasteiger partial charge in [-0.2, -0.15) is 0 Å². The molecule has 2 N–H and O–H groups in total. The fraction of sp³-hybridized carbons (Fsp3) is 0.238. The molecule has 0 unspecified atom stereocenters. The van der Waals surface area contributed by atoms with Crippen molar-refractivity contribution in [2.24, 2.45) is 7.05 Å². The van der Waals surface area contributed by atoms with Crippen LogP contribution in [0.3, 0.4) is 0 Å². The van der Waals surface area contributed by atoms with E-state index < -0.39 is 4.92 Å². The Morgan fingerprint density at radius 3 is 2.44 bits per heavy atom. The summed E-state index contributed by atoms with van der Waals surface area (Å²) in [6, 6.07) is 10.4. The molecule has 0 fully saturated rings. The third kappa shape index (κ3) is 6.01. The molecular formula is C21H22N6O6S. The second-order valence-corrected chi connectivity index (χ2v) is 7.79. The van der Waals surface area contributed by atoms with Crippen LogP contribution < -0.4 is 20.1 Å². The number of non-ortho nitro benzene ring substituents is 1. The minimum Gasteiger partial charge on any atom is -0.493 e. The van der Waals surface area contributed by atoms with Crippen LogP contribution in [0.5, 0.6) is 11.5 Å². The number of carbonyl (C=O) groups is 2. The van der Waals surface area contributed by atoms with Crippen molar-refractivity contribution in [2.45, 2.75) is 11.7 Å². The van der Waals surface area contributed by atoms with Crippen molar-refractivity contribution in [3.05, 3.63) is 64.0 Å². The van der Waals surface area contributed by atoms with Gasteiger partial charge in [-0.05, 0) is 30.3 Å². The monoisotopic (exact) mass is 486 g/mol. The molecule has 0 radical (unpaired) electrons. The van der Waals surface area contributed by atoms with E-state index in [-0.39, 0.29) is 29.8 Å². The minimum absolute atomic E-state index is 0.0565. The van der Waals surface area contributed by atoms with Crippen molar-refractivity contribution in [1.82, 2.24) is 20.1 Å². The van der Waals surface area contributed by atoms with E-state index in [9.17, 15) is 19.7 Å². The Kier molecular flexibility index (Phi) is 8.03. The van der Waals surface area contributed by atoms with Gasteiger partial charge in [-0.1, -0.05) is 11.8 Å². The molecule has 2 amide bonds. The first-order valence-corrected chi connectivity index (χ1v) is 10.9. The molecule has 1 heterocycles. The Balaban J connectivity index is 1.53. The average Bonchev–Trinajstić information content (AvgIpc) is 3.20. The SMILES string of the molecule is COc1ccc(C(=O)NCc2nnc(SCC(=O)Nc3ccc([N+](=O)[O-])cc3)n2C)cc1OC. The number of hydrogen-bond donors (Lipinski definition) is 2. The maximum atomic E-state index is 12.5. The predicted octanol–water partition coefficient (Wildman–Crippen LogP) is 2.40. The lowest BCUT2D eigenvalue weighted by Gasteiger charge is -2.10. The Morgan fingerprint density at radius 2 is 1.79 bits per heavy atom. The van der Waals surface area contributed by atoms with E-state index in [1.165, 1.54) is 50.2 Å². The summed E-state index contributed by atoms with van der Waals surface area (Å²) < 4.78 is 12.1. The standard InChI is InChI=1S/C21H22N6O6S/c1-26-18(11-22-20(29)13-4-9-16(32-2)17(10-13)33-3)24-25-21(26)34-12-19(28)23-14-5-7-15(8-6-14)27(30)31/h4-10H,11-12H2,1-3H3,(H,22,29)(H,23,28). The number of benzene rings is 2. The summed E-state index contributed by atoms with van der Waals surface area (Å²) >= 11 is 1.17. The summed E-state index contributed by atoms with van der Waals surface area (Å²) in [7, 11) is 4.74. The van der Waals surface area contributed by atoms with Crippen LogP contribution in [0.2, 0.25) is 0 Å². The summed E-state index contributed by atoms with van der Waals surface area (Å²) in [5.41, 5.74) is 0.794. The van der Waals surface area contributed by atoms with Gasteiger partial charge in [0.1, 0.15) is 0 Å². The molecule has 0 aliphatic carbocycles. The van der Waals surface area contributed by atoms with E-state index in [0.29, 0.717) is 33.7 Å². The molecule has 2 aromatic carbocycles. The van der Waals surface area contributed by atoms with Crippen LogP contribution >= 0.6 is 11.8 Å². The summed E-state index contributed by atoms with van der Waals surface area (Å²) in [5, 5.41) is 24.8. The van der Waals surface area contributed by atoms with Crippen LogP contribution in [-0.4, -0.2) is 51.5 Å². The molecule has 0 saturated heterocycles. The quantitative estimate of drug-likeness (QED) is 0.250. The second-order valence-electron chi connectivity index (χ2n) is 6.85. The van der Waals surface area contributed by atoms with Gasteiger partial charge in [-0.3, -0.25) is 19.7 Å². The van der Waals surface area contributed by atoms with Gasteiger partial charge in [0.25, 0.3) is 11.6 Å². The van der Waals surface area contributed by atoms with Crippen molar-refractivity contribution >= 4 is 35.0 Å². The van der Waals surface area contributed by atoms with Crippen LogP contribution in [0, 0.1) is 10.1 Å². The van der Waals surface area contributed by atoms with E-state index >= 15 is 0 Å². The lowest BCUT2D eigenvalue weighted by molar-refractivity contribution is -0.384. The molecule has 1 aromatic heterocycles. The minimum atomic E-state index is -0.511. The van der Waals surface area contributed by atoms with Crippen molar-refractivity contribution in [3.8, 4) is 11.5 Å². The van der Waals surface area contributed by atoms with Crippen LogP contribution in [0.15, 0.2) is 47.6 Å². The number of nitrogens with zero attached hydrogens (tertiary/aromatic N) is 4. The van der Waals surface area contributed by atoms with Gasteiger partial charge in [0.15, 0.2) is 22.5 Å². The summed E-state index contributed by atoms with van der Waals surface area (Å²) in [6.45, 7) is 0.131. The van der Waals surface area contributed by atoms with E-state index in [4.69, 9.17) is 9.47 Å². The van der Waals surface area contributed by atoms with Gasteiger partial charge in [0.05, 0.1) is 31.4 Å². The number of rotatable bonds is 10. The Labute approximate surface area is 198 Å². The van der Waals surface area contributed by atoms with Crippen molar-refractivity contribution in [3.63, 3.8) is 0 Å². The number of anilines is 1. The fourth-order valence-corrected chi connectivity index (χ4v) is 3.59. The maximum absolute atomic E-state index is 12.5. The molecule has 0 aliphatic heterocycles. The van der Waals surface area contributed by atoms with Gasteiger partial charge < -0.3 is 24.7 Å². The number of nitro groups is 1. The maximum Gasteiger partial charge on any atom is 0.269 e. The van der Waals surface area contributed by atoms with Crippen LogP contribution in [0.25, 0.3) is 0 Å². The lowest BCUT2D eigenvalue weighted by atomic mass is 10.2. The first-order valence-electron chi connectivity index (χ1n) is 9.88. The Bertz CT molecular complexity index is 1200. The summed E-state index contributed by atoms with van der Waals surface area (Å²) in [6.07, 6.45) is 0. The molecule has 0 bridgehead atoms. The highest BCUT2D eigenvalue weighted by Gasteiger charge is 2.15. The van der Waals surface area contributed by atoms with Crippen molar-refractivity contribution in [1.29, 1.82) is 0 Å². The highest BCUT2D eigenvalue weighted by atomic mass is 32.2. The van der Waals surface area contributed by atoms with E-state index in [1.807, 2.05) is 0 Å². The van der Waals surface area contributed by atoms with Crippen LogP contribution in [-0.2, 0) is 18.4 Å². The van der Waals surface area contributed by atoms with Gasteiger partial charge in [0, 0.05) is 30.4 Å².